The number of nitrogens with zero attached hydrogens (tertiary/aromatic N) is 2. The van der Waals surface area contributed by atoms with Crippen LogP contribution in [0.3, 0.4) is 0 Å². The lowest BCUT2D eigenvalue weighted by Gasteiger charge is -2.07. The third-order valence-electron chi connectivity index (χ3n) is 2.77. The molecule has 0 bridgehead atoms. The summed E-state index contributed by atoms with van der Waals surface area (Å²) < 4.78 is 0. The number of nitrogens with two attached hydrogens (primary N) is 1. The van der Waals surface area contributed by atoms with E-state index in [-0.39, 0.29) is 6.04 Å². The molecule has 2 heterocycles. The number of hydrogen-bond acceptors (Lipinski definition) is 3. The van der Waals surface area contributed by atoms with Crippen molar-refractivity contribution in [2.75, 3.05) is 0 Å². The molecule has 4 heteroatoms. The van der Waals surface area contributed by atoms with Gasteiger partial charge in [-0.15, -0.1) is 0 Å². The van der Waals surface area contributed by atoms with Crippen LogP contribution in [0.2, 0.25) is 0 Å². The summed E-state index contributed by atoms with van der Waals surface area (Å²) in [6.07, 6.45) is 3.47. The Balaban J connectivity index is 2.04. The molecule has 0 aliphatic heterocycles. The number of fused-ring (bicyclic) bond motifs is 1. The number of rotatable bonds is 2. The first kappa shape index (κ1) is 9.99. The highest BCUT2D eigenvalue weighted by molar-refractivity contribution is 5.74. The Labute approximate surface area is 98.5 Å². The Morgan fingerprint density at radius 2 is 1.82 bits per heavy atom. The van der Waals surface area contributed by atoms with E-state index in [0.717, 1.165) is 22.4 Å². The van der Waals surface area contributed by atoms with Crippen LogP contribution in [0.5, 0.6) is 0 Å². The average Bonchev–Trinajstić information content (AvgIpc) is 2.82. The molecule has 1 unspecified atom stereocenters. The molecule has 0 saturated carbocycles. The molecule has 0 radical (unpaired) electrons. The van der Waals surface area contributed by atoms with Crippen LogP contribution in [0.1, 0.15) is 17.4 Å². The molecular formula is C13H12N4. The molecule has 17 heavy (non-hydrogen) atoms. The smallest absolute Gasteiger partial charge is 0.128 e. The minimum Gasteiger partial charge on any atom is -0.340 e. The summed E-state index contributed by atoms with van der Waals surface area (Å²) in [6, 6.07) is 11.5. The molecule has 0 aliphatic rings. The minimum atomic E-state index is -0.245. The first-order valence-electron chi connectivity index (χ1n) is 5.45. The minimum absolute atomic E-state index is 0.245. The van der Waals surface area contributed by atoms with Crippen molar-refractivity contribution in [3.05, 3.63) is 60.2 Å². The number of H-pyrrole nitrogens is 1. The van der Waals surface area contributed by atoms with E-state index in [1.165, 1.54) is 0 Å². The van der Waals surface area contributed by atoms with Gasteiger partial charge in [-0.2, -0.15) is 0 Å². The fourth-order valence-electron chi connectivity index (χ4n) is 1.85. The van der Waals surface area contributed by atoms with Crippen LogP contribution in [0.4, 0.5) is 0 Å². The van der Waals surface area contributed by atoms with E-state index in [4.69, 9.17) is 5.73 Å². The molecule has 2 aromatic heterocycles. The average molecular weight is 224 g/mol. The van der Waals surface area contributed by atoms with Crippen molar-refractivity contribution in [1.29, 1.82) is 0 Å². The quantitative estimate of drug-likeness (QED) is 0.699. The molecule has 0 fully saturated rings. The van der Waals surface area contributed by atoms with Crippen LogP contribution in [0, 0.1) is 0 Å². The van der Waals surface area contributed by atoms with Gasteiger partial charge in [-0.25, -0.2) is 4.98 Å². The fourth-order valence-corrected chi connectivity index (χ4v) is 1.85. The van der Waals surface area contributed by atoms with Gasteiger partial charge in [0.05, 0.1) is 17.1 Å². The number of nitrogens with one attached hydrogen (secondary N) is 1. The Bertz CT molecular complexity index is 597. The Morgan fingerprint density at radius 3 is 2.59 bits per heavy atom. The second-order valence-corrected chi connectivity index (χ2v) is 3.90. The molecule has 4 nitrogen and oxygen atoms in total. The maximum atomic E-state index is 6.16. The highest BCUT2D eigenvalue weighted by atomic mass is 15.0. The van der Waals surface area contributed by atoms with E-state index in [1.807, 2.05) is 36.4 Å². The molecule has 3 aromatic rings. The number of pyridine rings is 1. The van der Waals surface area contributed by atoms with Crippen molar-refractivity contribution < 1.29 is 0 Å². The number of benzene rings is 1. The SMILES string of the molecule is NC(c1ccncc1)c1nc2ccccc2[nH]1. The Hall–Kier alpha value is -2.20. The van der Waals surface area contributed by atoms with Crippen molar-refractivity contribution in [2.45, 2.75) is 6.04 Å². The van der Waals surface area contributed by atoms with E-state index >= 15 is 0 Å². The van der Waals surface area contributed by atoms with Gasteiger partial charge in [0.2, 0.25) is 0 Å². The van der Waals surface area contributed by atoms with Crippen LogP contribution in [0.25, 0.3) is 11.0 Å². The Morgan fingerprint density at radius 1 is 1.06 bits per heavy atom. The zero-order chi connectivity index (χ0) is 11.7. The molecule has 0 aliphatic carbocycles. The van der Waals surface area contributed by atoms with Crippen molar-refractivity contribution >= 4 is 11.0 Å². The summed E-state index contributed by atoms with van der Waals surface area (Å²) in [5.74, 6) is 0.775. The molecule has 84 valence electrons. The van der Waals surface area contributed by atoms with Gasteiger partial charge in [0.15, 0.2) is 0 Å². The van der Waals surface area contributed by atoms with Gasteiger partial charge in [0.25, 0.3) is 0 Å². The van der Waals surface area contributed by atoms with Gasteiger partial charge in [0.1, 0.15) is 5.82 Å². The normalized spacial score (nSPS) is 12.8. The summed E-state index contributed by atoms with van der Waals surface area (Å²) in [7, 11) is 0. The van der Waals surface area contributed by atoms with Gasteiger partial charge in [-0.05, 0) is 29.8 Å². The number of aromatic amines is 1. The number of imidazole rings is 1. The summed E-state index contributed by atoms with van der Waals surface area (Å²) >= 11 is 0. The zero-order valence-corrected chi connectivity index (χ0v) is 9.17. The van der Waals surface area contributed by atoms with E-state index in [0.29, 0.717) is 0 Å². The molecular weight excluding hydrogens is 212 g/mol. The first-order chi connectivity index (χ1) is 8.34. The van der Waals surface area contributed by atoms with Gasteiger partial charge < -0.3 is 10.7 Å². The summed E-state index contributed by atoms with van der Waals surface area (Å²) in [5.41, 5.74) is 9.10. The molecule has 1 aromatic carbocycles. The maximum absolute atomic E-state index is 6.16. The largest absolute Gasteiger partial charge is 0.340 e. The number of hydrogen-bond donors (Lipinski definition) is 2. The standard InChI is InChI=1S/C13H12N4/c14-12(9-5-7-15-8-6-9)13-16-10-3-1-2-4-11(10)17-13/h1-8,12H,14H2,(H,16,17). The predicted octanol–water partition coefficient (Wildman–Crippen LogP) is 2.01. The van der Waals surface area contributed by atoms with Gasteiger partial charge in [-0.1, -0.05) is 12.1 Å². The summed E-state index contributed by atoms with van der Waals surface area (Å²) in [5, 5.41) is 0. The third-order valence-corrected chi connectivity index (χ3v) is 2.77. The monoisotopic (exact) mass is 224 g/mol. The van der Waals surface area contributed by atoms with Crippen LogP contribution in [-0.2, 0) is 0 Å². The lowest BCUT2D eigenvalue weighted by Crippen LogP contribution is -2.13. The molecule has 0 amide bonds. The van der Waals surface area contributed by atoms with E-state index in [1.54, 1.807) is 12.4 Å². The van der Waals surface area contributed by atoms with Gasteiger partial charge in [0, 0.05) is 12.4 Å². The van der Waals surface area contributed by atoms with Crippen molar-refractivity contribution in [1.82, 2.24) is 15.0 Å². The van der Waals surface area contributed by atoms with Crippen LogP contribution >= 0.6 is 0 Å². The highest BCUT2D eigenvalue weighted by Crippen LogP contribution is 2.19. The van der Waals surface area contributed by atoms with Crippen molar-refractivity contribution in [3.8, 4) is 0 Å². The second-order valence-electron chi connectivity index (χ2n) is 3.90. The van der Waals surface area contributed by atoms with Crippen LogP contribution in [-0.4, -0.2) is 15.0 Å². The van der Waals surface area contributed by atoms with Gasteiger partial charge in [-0.3, -0.25) is 4.98 Å². The fraction of sp³-hybridized carbons (Fsp3) is 0.0769. The topological polar surface area (TPSA) is 67.6 Å². The van der Waals surface area contributed by atoms with Crippen molar-refractivity contribution in [2.24, 2.45) is 5.73 Å². The highest BCUT2D eigenvalue weighted by Gasteiger charge is 2.12. The number of para-hydroxylation sites is 2. The number of aromatic nitrogens is 3. The maximum Gasteiger partial charge on any atom is 0.128 e. The second kappa shape index (κ2) is 3.99. The molecule has 3 N–H and O–H groups in total. The summed E-state index contributed by atoms with van der Waals surface area (Å²) in [6.45, 7) is 0. The third kappa shape index (κ3) is 1.79. The van der Waals surface area contributed by atoms with Crippen LogP contribution in [0.15, 0.2) is 48.8 Å². The molecule has 3 rings (SSSR count). The first-order valence-corrected chi connectivity index (χ1v) is 5.45. The predicted molar refractivity (Wildman–Crippen MR) is 66.4 cm³/mol. The Kier molecular flexibility index (Phi) is 2.34. The van der Waals surface area contributed by atoms with Gasteiger partial charge >= 0.3 is 0 Å². The van der Waals surface area contributed by atoms with E-state index < -0.39 is 0 Å². The molecule has 0 saturated heterocycles. The lowest BCUT2D eigenvalue weighted by molar-refractivity contribution is 0.803. The van der Waals surface area contributed by atoms with E-state index in [2.05, 4.69) is 15.0 Å². The zero-order valence-electron chi connectivity index (χ0n) is 9.17. The lowest BCUT2D eigenvalue weighted by atomic mass is 10.1. The van der Waals surface area contributed by atoms with Crippen LogP contribution < -0.4 is 5.73 Å². The molecule has 0 spiro atoms. The summed E-state index contributed by atoms with van der Waals surface area (Å²) in [4.78, 5) is 11.7. The van der Waals surface area contributed by atoms with E-state index in [9.17, 15) is 0 Å². The molecule has 1 atom stereocenters. The van der Waals surface area contributed by atoms with Crippen molar-refractivity contribution in [3.63, 3.8) is 0 Å².